The van der Waals surface area contributed by atoms with Crippen LogP contribution in [0.1, 0.15) is 0 Å². The van der Waals surface area contributed by atoms with E-state index in [9.17, 15) is 4.79 Å². The van der Waals surface area contributed by atoms with Crippen molar-refractivity contribution in [3.05, 3.63) is 174 Å². The van der Waals surface area contributed by atoms with Crippen molar-refractivity contribution < 1.29 is 0 Å². The third kappa shape index (κ3) is 4.89. The molecule has 0 atom stereocenters. The predicted molar refractivity (Wildman–Crippen MR) is 184 cm³/mol. The summed E-state index contributed by atoms with van der Waals surface area (Å²) < 4.78 is 1.81. The first kappa shape index (κ1) is 26.5. The molecule has 45 heavy (non-hydrogen) atoms. The lowest BCUT2D eigenvalue weighted by Crippen LogP contribution is -2.19. The number of rotatable bonds is 5. The van der Waals surface area contributed by atoms with Crippen molar-refractivity contribution in [1.82, 2.24) is 14.5 Å². The van der Waals surface area contributed by atoms with Gasteiger partial charge in [0.25, 0.3) is 5.56 Å². The lowest BCUT2D eigenvalue weighted by atomic mass is 9.99. The van der Waals surface area contributed by atoms with Gasteiger partial charge in [-0.15, -0.1) is 0 Å². The maximum absolute atomic E-state index is 14.2. The Bertz CT molecular complexity index is 2320. The van der Waals surface area contributed by atoms with E-state index < -0.39 is 0 Å². The van der Waals surface area contributed by atoms with Gasteiger partial charge in [0.1, 0.15) is 0 Å². The summed E-state index contributed by atoms with van der Waals surface area (Å²) in [7, 11) is 0. The topological polar surface area (TPSA) is 47.8 Å². The monoisotopic (exact) mass is 577 g/mol. The summed E-state index contributed by atoms with van der Waals surface area (Å²) >= 11 is 0. The van der Waals surface area contributed by atoms with Crippen LogP contribution in [0.15, 0.2) is 169 Å². The number of benzene rings is 6. The molecule has 0 bridgehead atoms. The van der Waals surface area contributed by atoms with Gasteiger partial charge in [0.05, 0.1) is 16.9 Å². The van der Waals surface area contributed by atoms with Gasteiger partial charge >= 0.3 is 0 Å². The van der Waals surface area contributed by atoms with Gasteiger partial charge in [0.2, 0.25) is 0 Å². The fourth-order valence-corrected chi connectivity index (χ4v) is 6.02. The molecule has 0 N–H and O–H groups in total. The lowest BCUT2D eigenvalue weighted by Gasteiger charge is -2.16. The molecule has 2 aromatic heterocycles. The van der Waals surface area contributed by atoms with Crippen LogP contribution in [0.5, 0.6) is 0 Å². The van der Waals surface area contributed by atoms with Gasteiger partial charge in [-0.25, -0.2) is 9.97 Å². The molecule has 0 unspecified atom stereocenters. The lowest BCUT2D eigenvalue weighted by molar-refractivity contribution is 1.06. The molecule has 0 saturated carbocycles. The molecule has 0 aliphatic rings. The van der Waals surface area contributed by atoms with Crippen molar-refractivity contribution >= 4 is 21.7 Å². The Labute approximate surface area is 260 Å². The molecule has 8 aromatic rings. The van der Waals surface area contributed by atoms with E-state index in [0.717, 1.165) is 61.2 Å². The Morgan fingerprint density at radius 2 is 0.956 bits per heavy atom. The molecule has 4 nitrogen and oxygen atoms in total. The first-order chi connectivity index (χ1) is 22.2. The van der Waals surface area contributed by atoms with E-state index in [-0.39, 0.29) is 5.56 Å². The van der Waals surface area contributed by atoms with Crippen LogP contribution in [0.2, 0.25) is 0 Å². The summed E-state index contributed by atoms with van der Waals surface area (Å²) in [6.07, 6.45) is 0. The van der Waals surface area contributed by atoms with Crippen LogP contribution >= 0.6 is 0 Å². The van der Waals surface area contributed by atoms with Crippen LogP contribution in [0.25, 0.3) is 72.4 Å². The SMILES string of the molecule is O=c1c2ccccc2c2cc(-c3ccccc3)ccc2n1-c1cccc(-c2nc(-c3ccccc3)cc(-c3ccccc3)n2)c1. The smallest absolute Gasteiger partial charge is 0.263 e. The molecule has 0 spiro atoms. The summed E-state index contributed by atoms with van der Waals surface area (Å²) in [5.41, 5.74) is 8.32. The number of hydrogen-bond acceptors (Lipinski definition) is 3. The maximum Gasteiger partial charge on any atom is 0.263 e. The fraction of sp³-hybridized carbons (Fsp3) is 0. The van der Waals surface area contributed by atoms with Crippen LogP contribution in [-0.2, 0) is 0 Å². The minimum Gasteiger partial charge on any atom is -0.276 e. The minimum absolute atomic E-state index is 0.0633. The molecule has 0 radical (unpaired) electrons. The molecule has 2 heterocycles. The van der Waals surface area contributed by atoms with Crippen LogP contribution in [-0.4, -0.2) is 14.5 Å². The van der Waals surface area contributed by atoms with Gasteiger partial charge in [0.15, 0.2) is 5.82 Å². The Kier molecular flexibility index (Phi) is 6.58. The molecule has 0 aliphatic carbocycles. The molecule has 0 saturated heterocycles. The predicted octanol–water partition coefficient (Wildman–Crippen LogP) is 9.60. The van der Waals surface area contributed by atoms with Crippen molar-refractivity contribution in [1.29, 1.82) is 0 Å². The Balaban J connectivity index is 1.34. The number of nitrogens with zero attached hydrogens (tertiary/aromatic N) is 3. The second-order valence-corrected chi connectivity index (χ2v) is 11.0. The van der Waals surface area contributed by atoms with Crippen molar-refractivity contribution in [2.45, 2.75) is 0 Å². The molecule has 8 rings (SSSR count). The maximum atomic E-state index is 14.2. The average Bonchev–Trinajstić information content (AvgIpc) is 3.13. The van der Waals surface area contributed by atoms with E-state index >= 15 is 0 Å². The molecule has 0 amide bonds. The van der Waals surface area contributed by atoms with Crippen LogP contribution in [0.4, 0.5) is 0 Å². The van der Waals surface area contributed by atoms with Crippen molar-refractivity contribution in [2.75, 3.05) is 0 Å². The minimum atomic E-state index is -0.0633. The van der Waals surface area contributed by atoms with E-state index in [1.807, 2.05) is 114 Å². The van der Waals surface area contributed by atoms with Gasteiger partial charge in [-0.1, -0.05) is 127 Å². The summed E-state index contributed by atoms with van der Waals surface area (Å²) in [5, 5.41) is 2.63. The first-order valence-corrected chi connectivity index (χ1v) is 15.0. The summed E-state index contributed by atoms with van der Waals surface area (Å²) in [6, 6.07) is 54.8. The van der Waals surface area contributed by atoms with Crippen molar-refractivity contribution in [3.63, 3.8) is 0 Å². The third-order valence-electron chi connectivity index (χ3n) is 8.22. The summed E-state index contributed by atoms with van der Waals surface area (Å²) in [6.45, 7) is 0. The van der Waals surface area contributed by atoms with E-state index in [4.69, 9.17) is 9.97 Å². The molecule has 0 aliphatic heterocycles. The highest BCUT2D eigenvalue weighted by Gasteiger charge is 2.16. The zero-order chi connectivity index (χ0) is 30.2. The van der Waals surface area contributed by atoms with Crippen LogP contribution < -0.4 is 5.56 Å². The van der Waals surface area contributed by atoms with Crippen LogP contribution in [0.3, 0.4) is 0 Å². The fourth-order valence-electron chi connectivity index (χ4n) is 6.02. The Morgan fingerprint density at radius 3 is 1.60 bits per heavy atom. The molecule has 4 heteroatoms. The third-order valence-corrected chi connectivity index (χ3v) is 8.22. The molecule has 6 aromatic carbocycles. The van der Waals surface area contributed by atoms with Gasteiger partial charge in [-0.3, -0.25) is 9.36 Å². The second-order valence-electron chi connectivity index (χ2n) is 11.0. The Morgan fingerprint density at radius 1 is 0.400 bits per heavy atom. The Hall–Kier alpha value is -6.13. The van der Waals surface area contributed by atoms with Crippen molar-refractivity contribution in [2.24, 2.45) is 0 Å². The highest BCUT2D eigenvalue weighted by Crippen LogP contribution is 2.32. The van der Waals surface area contributed by atoms with Gasteiger partial charge in [-0.05, 0) is 52.9 Å². The molecule has 0 fully saturated rings. The molecular weight excluding hydrogens is 550 g/mol. The van der Waals surface area contributed by atoms with Gasteiger partial charge < -0.3 is 0 Å². The van der Waals surface area contributed by atoms with E-state index in [0.29, 0.717) is 11.2 Å². The quantitative estimate of drug-likeness (QED) is 0.191. The summed E-state index contributed by atoms with van der Waals surface area (Å²) in [5.74, 6) is 0.599. The van der Waals surface area contributed by atoms with E-state index in [2.05, 4.69) is 54.6 Å². The average molecular weight is 578 g/mol. The standard InChI is InChI=1S/C41H27N3O/c45-41-35-22-11-10-21-34(35)36-26-31(28-13-4-1-5-14-28)23-24-39(36)44(41)33-20-12-19-32(25-33)40-42-37(29-15-6-2-7-16-29)27-38(43-40)30-17-8-3-9-18-30/h1-27H. The number of fused-ring (bicyclic) bond motifs is 3. The largest absolute Gasteiger partial charge is 0.276 e. The number of hydrogen-bond donors (Lipinski definition) is 0. The van der Waals surface area contributed by atoms with E-state index in [1.54, 1.807) is 0 Å². The normalized spacial score (nSPS) is 11.2. The first-order valence-electron chi connectivity index (χ1n) is 15.0. The molecule has 212 valence electrons. The second kappa shape index (κ2) is 11.2. The highest BCUT2D eigenvalue weighted by atomic mass is 16.1. The zero-order valence-corrected chi connectivity index (χ0v) is 24.3. The van der Waals surface area contributed by atoms with Gasteiger partial charge in [0, 0.05) is 33.2 Å². The highest BCUT2D eigenvalue weighted by molar-refractivity contribution is 6.07. The molecular formula is C41H27N3O. The summed E-state index contributed by atoms with van der Waals surface area (Å²) in [4.78, 5) is 24.2. The number of aromatic nitrogens is 3. The van der Waals surface area contributed by atoms with Gasteiger partial charge in [-0.2, -0.15) is 0 Å². The van der Waals surface area contributed by atoms with Crippen LogP contribution in [0, 0.1) is 0 Å². The van der Waals surface area contributed by atoms with E-state index in [1.165, 1.54) is 0 Å². The number of pyridine rings is 1. The van der Waals surface area contributed by atoms with Crippen molar-refractivity contribution in [3.8, 4) is 50.7 Å². The zero-order valence-electron chi connectivity index (χ0n) is 24.3.